The van der Waals surface area contributed by atoms with Crippen LogP contribution in [0.1, 0.15) is 10.4 Å². The van der Waals surface area contributed by atoms with Crippen LogP contribution >= 0.6 is 0 Å². The number of allylic oxidation sites excluding steroid dienone is 1. The van der Waals surface area contributed by atoms with Crippen LogP contribution in [0.2, 0.25) is 0 Å². The highest BCUT2D eigenvalue weighted by molar-refractivity contribution is 5.90. The highest BCUT2D eigenvalue weighted by Crippen LogP contribution is 2.13. The Hall–Kier alpha value is -2.15. The summed E-state index contributed by atoms with van der Waals surface area (Å²) < 4.78 is 30.8. The molecule has 16 heavy (non-hydrogen) atoms. The van der Waals surface area contributed by atoms with E-state index in [1.165, 1.54) is 18.2 Å². The lowest BCUT2D eigenvalue weighted by Crippen LogP contribution is -2.10. The molecule has 1 aromatic rings. The van der Waals surface area contributed by atoms with E-state index in [1.807, 2.05) is 0 Å². The number of benzene rings is 1. The van der Waals surface area contributed by atoms with Gasteiger partial charge in [-0.2, -0.15) is 0 Å². The summed E-state index contributed by atoms with van der Waals surface area (Å²) in [4.78, 5) is 11.3. The number of hydrogen-bond acceptors (Lipinski definition) is 2. The minimum Gasteiger partial charge on any atom is -0.458 e. The van der Waals surface area contributed by atoms with Crippen LogP contribution in [-0.2, 0) is 4.74 Å². The standard InChI is InChI=1S/C12H8F2O2/c1-2-3-4-8-16-12(15)11-9(13)6-5-7-10(11)14/h1,3-7H,8H2/b4-3+. The lowest BCUT2D eigenvalue weighted by molar-refractivity contribution is 0.0538. The number of carbonyl (C=O) groups is 1. The van der Waals surface area contributed by atoms with Gasteiger partial charge in [0.25, 0.3) is 0 Å². The number of carbonyl (C=O) groups excluding carboxylic acids is 1. The maximum atomic E-state index is 13.1. The largest absolute Gasteiger partial charge is 0.458 e. The molecule has 2 nitrogen and oxygen atoms in total. The van der Waals surface area contributed by atoms with E-state index in [2.05, 4.69) is 10.7 Å². The molecule has 0 heterocycles. The Kier molecular flexibility index (Phi) is 4.22. The Morgan fingerprint density at radius 1 is 1.44 bits per heavy atom. The highest BCUT2D eigenvalue weighted by Gasteiger charge is 2.17. The average Bonchev–Trinajstić information content (AvgIpc) is 2.24. The average molecular weight is 222 g/mol. The van der Waals surface area contributed by atoms with Gasteiger partial charge in [0.2, 0.25) is 0 Å². The maximum absolute atomic E-state index is 13.1. The van der Waals surface area contributed by atoms with Crippen molar-refractivity contribution in [2.24, 2.45) is 0 Å². The lowest BCUT2D eigenvalue weighted by Gasteiger charge is -2.03. The SMILES string of the molecule is C#C/C=C/COC(=O)c1c(F)cccc1F. The van der Waals surface area contributed by atoms with Crippen LogP contribution in [0.15, 0.2) is 30.4 Å². The van der Waals surface area contributed by atoms with Crippen molar-refractivity contribution in [3.8, 4) is 12.3 Å². The van der Waals surface area contributed by atoms with Gasteiger partial charge in [0.05, 0.1) is 0 Å². The van der Waals surface area contributed by atoms with Gasteiger partial charge in [-0.25, -0.2) is 13.6 Å². The fourth-order valence-electron chi connectivity index (χ4n) is 1.00. The first-order valence-corrected chi connectivity index (χ1v) is 4.39. The second-order valence-corrected chi connectivity index (χ2v) is 2.76. The second-order valence-electron chi connectivity index (χ2n) is 2.76. The zero-order chi connectivity index (χ0) is 12.0. The highest BCUT2D eigenvalue weighted by atomic mass is 19.1. The van der Waals surface area contributed by atoms with E-state index >= 15 is 0 Å². The number of ether oxygens (including phenoxy) is 1. The molecule has 82 valence electrons. The van der Waals surface area contributed by atoms with E-state index in [1.54, 1.807) is 0 Å². The Morgan fingerprint density at radius 2 is 2.06 bits per heavy atom. The quantitative estimate of drug-likeness (QED) is 0.579. The van der Waals surface area contributed by atoms with Gasteiger partial charge in [-0.1, -0.05) is 12.0 Å². The van der Waals surface area contributed by atoms with Crippen molar-refractivity contribution in [2.45, 2.75) is 0 Å². The molecule has 0 N–H and O–H groups in total. The molecule has 0 aliphatic carbocycles. The zero-order valence-corrected chi connectivity index (χ0v) is 8.24. The molecule has 0 radical (unpaired) electrons. The molecule has 0 aromatic heterocycles. The molecule has 0 unspecified atom stereocenters. The molecule has 0 aliphatic heterocycles. The fourth-order valence-corrected chi connectivity index (χ4v) is 1.00. The molecular weight excluding hydrogens is 214 g/mol. The van der Waals surface area contributed by atoms with Crippen LogP contribution in [0, 0.1) is 24.0 Å². The van der Waals surface area contributed by atoms with Crippen molar-refractivity contribution in [3.05, 3.63) is 47.5 Å². The number of halogens is 2. The Labute approximate surface area is 91.5 Å². The van der Waals surface area contributed by atoms with E-state index in [-0.39, 0.29) is 6.61 Å². The van der Waals surface area contributed by atoms with Crippen LogP contribution < -0.4 is 0 Å². The molecule has 0 spiro atoms. The van der Waals surface area contributed by atoms with Gasteiger partial charge in [-0.05, 0) is 24.3 Å². The molecular formula is C12H8F2O2. The van der Waals surface area contributed by atoms with Crippen LogP contribution in [0.5, 0.6) is 0 Å². The van der Waals surface area contributed by atoms with Gasteiger partial charge in [-0.3, -0.25) is 0 Å². The summed E-state index contributed by atoms with van der Waals surface area (Å²) in [5.41, 5.74) is -0.698. The summed E-state index contributed by atoms with van der Waals surface area (Å²) in [6.45, 7) is -0.128. The smallest absolute Gasteiger partial charge is 0.344 e. The summed E-state index contributed by atoms with van der Waals surface area (Å²) >= 11 is 0. The van der Waals surface area contributed by atoms with Crippen molar-refractivity contribution >= 4 is 5.97 Å². The van der Waals surface area contributed by atoms with Crippen molar-refractivity contribution in [2.75, 3.05) is 6.61 Å². The van der Waals surface area contributed by atoms with Gasteiger partial charge in [-0.15, -0.1) is 6.42 Å². The van der Waals surface area contributed by atoms with Crippen molar-refractivity contribution in [1.82, 2.24) is 0 Å². The third-order valence-electron chi connectivity index (χ3n) is 1.69. The number of terminal acetylenes is 1. The monoisotopic (exact) mass is 222 g/mol. The second kappa shape index (κ2) is 5.66. The molecule has 0 aliphatic rings. The maximum Gasteiger partial charge on any atom is 0.344 e. The predicted octanol–water partition coefficient (Wildman–Crippen LogP) is 2.31. The van der Waals surface area contributed by atoms with E-state index in [4.69, 9.17) is 6.42 Å². The Morgan fingerprint density at radius 3 is 2.62 bits per heavy atom. The Balaban J connectivity index is 2.74. The summed E-state index contributed by atoms with van der Waals surface area (Å²) in [5, 5.41) is 0. The van der Waals surface area contributed by atoms with E-state index in [0.29, 0.717) is 0 Å². The summed E-state index contributed by atoms with van der Waals surface area (Å²) in [7, 11) is 0. The third-order valence-corrected chi connectivity index (χ3v) is 1.69. The minimum absolute atomic E-state index is 0.128. The van der Waals surface area contributed by atoms with E-state index < -0.39 is 23.2 Å². The van der Waals surface area contributed by atoms with Crippen LogP contribution in [0.3, 0.4) is 0 Å². The fraction of sp³-hybridized carbons (Fsp3) is 0.0833. The third kappa shape index (κ3) is 2.92. The van der Waals surface area contributed by atoms with Crippen molar-refractivity contribution < 1.29 is 18.3 Å². The van der Waals surface area contributed by atoms with Crippen LogP contribution in [0.25, 0.3) is 0 Å². The van der Waals surface area contributed by atoms with Gasteiger partial charge in [0.1, 0.15) is 23.8 Å². The first kappa shape index (κ1) is 11.9. The van der Waals surface area contributed by atoms with Crippen LogP contribution in [-0.4, -0.2) is 12.6 Å². The van der Waals surface area contributed by atoms with Gasteiger partial charge >= 0.3 is 5.97 Å². The molecule has 4 heteroatoms. The van der Waals surface area contributed by atoms with Crippen LogP contribution in [0.4, 0.5) is 8.78 Å². The topological polar surface area (TPSA) is 26.3 Å². The van der Waals surface area contributed by atoms with Gasteiger partial charge in [0, 0.05) is 0 Å². The summed E-state index contributed by atoms with van der Waals surface area (Å²) in [6, 6.07) is 3.13. The minimum atomic E-state index is -1.06. The molecule has 0 saturated carbocycles. The van der Waals surface area contributed by atoms with E-state index in [9.17, 15) is 13.6 Å². The first-order valence-electron chi connectivity index (χ1n) is 4.39. The summed E-state index contributed by atoms with van der Waals surface area (Å²) in [5.74, 6) is -0.780. The molecule has 1 aromatic carbocycles. The molecule has 0 saturated heterocycles. The molecule has 0 amide bonds. The molecule has 1 rings (SSSR count). The Bertz CT molecular complexity index is 438. The molecule has 0 bridgehead atoms. The predicted molar refractivity (Wildman–Crippen MR) is 54.6 cm³/mol. The van der Waals surface area contributed by atoms with Gasteiger partial charge in [0.15, 0.2) is 0 Å². The normalized spacial score (nSPS) is 10.1. The number of rotatable bonds is 3. The molecule has 0 atom stereocenters. The van der Waals surface area contributed by atoms with Crippen molar-refractivity contribution in [1.29, 1.82) is 0 Å². The summed E-state index contributed by atoms with van der Waals surface area (Å²) in [6.07, 6.45) is 7.62. The lowest BCUT2D eigenvalue weighted by atomic mass is 10.2. The van der Waals surface area contributed by atoms with Gasteiger partial charge < -0.3 is 4.74 Å². The number of hydrogen-bond donors (Lipinski definition) is 0. The zero-order valence-electron chi connectivity index (χ0n) is 8.24. The van der Waals surface area contributed by atoms with E-state index in [0.717, 1.165) is 12.1 Å². The first-order chi connectivity index (χ1) is 7.66. The van der Waals surface area contributed by atoms with Crippen molar-refractivity contribution in [3.63, 3.8) is 0 Å². The number of esters is 1. The molecule has 0 fully saturated rings.